The number of nitrogens with zero attached hydrogens (tertiary/aromatic N) is 1. The molecule has 0 radical (unpaired) electrons. The second kappa shape index (κ2) is 7.51. The van der Waals surface area contributed by atoms with E-state index in [0.717, 1.165) is 38.8 Å². The lowest BCUT2D eigenvalue weighted by Crippen LogP contribution is -2.32. The number of nitrogens with one attached hydrogen (secondary N) is 1. The predicted molar refractivity (Wildman–Crippen MR) is 76.6 cm³/mol. The van der Waals surface area contributed by atoms with Crippen molar-refractivity contribution in [3.8, 4) is 0 Å². The van der Waals surface area contributed by atoms with Crippen LogP contribution in [0.3, 0.4) is 0 Å². The number of rotatable bonds is 8. The Morgan fingerprint density at radius 2 is 2.00 bits per heavy atom. The fraction of sp³-hybridized carbons (Fsp3) is 0.867. The molecule has 1 rings (SSSR count). The largest absolute Gasteiger partial charge is 0.356 e. The number of carbonyl (C=O) groups is 2. The van der Waals surface area contributed by atoms with Crippen LogP contribution in [0.25, 0.3) is 0 Å². The van der Waals surface area contributed by atoms with E-state index in [4.69, 9.17) is 0 Å². The third-order valence-corrected chi connectivity index (χ3v) is 3.69. The monoisotopic (exact) mass is 268 g/mol. The first-order chi connectivity index (χ1) is 8.97. The zero-order chi connectivity index (χ0) is 14.4. The van der Waals surface area contributed by atoms with Gasteiger partial charge in [-0.15, -0.1) is 0 Å². The molecule has 0 aromatic heterocycles. The van der Waals surface area contributed by atoms with Crippen molar-refractivity contribution in [2.75, 3.05) is 20.1 Å². The fourth-order valence-corrected chi connectivity index (χ4v) is 2.16. The summed E-state index contributed by atoms with van der Waals surface area (Å²) in [7, 11) is 1.84. The maximum atomic E-state index is 12.1. The first-order valence-corrected chi connectivity index (χ1v) is 7.50. The molecule has 2 atom stereocenters. The van der Waals surface area contributed by atoms with Gasteiger partial charge in [-0.1, -0.05) is 27.2 Å². The summed E-state index contributed by atoms with van der Waals surface area (Å²) < 4.78 is 0. The third kappa shape index (κ3) is 5.21. The second-order valence-corrected chi connectivity index (χ2v) is 6.04. The van der Waals surface area contributed by atoms with E-state index in [1.54, 1.807) is 4.90 Å². The number of amides is 2. The Bertz CT molecular complexity index is 315. The summed E-state index contributed by atoms with van der Waals surface area (Å²) in [5.74, 6) is 0.641. The Morgan fingerprint density at radius 1 is 1.32 bits per heavy atom. The zero-order valence-electron chi connectivity index (χ0n) is 12.7. The van der Waals surface area contributed by atoms with Gasteiger partial charge in [0, 0.05) is 20.1 Å². The first kappa shape index (κ1) is 16.0. The quantitative estimate of drug-likeness (QED) is 0.732. The Hall–Kier alpha value is -1.06. The molecule has 0 bridgehead atoms. The van der Waals surface area contributed by atoms with Gasteiger partial charge in [-0.3, -0.25) is 9.59 Å². The molecule has 2 amide bonds. The molecular weight excluding hydrogens is 240 g/mol. The normalized spacial score (nSPS) is 21.3. The van der Waals surface area contributed by atoms with Gasteiger partial charge < -0.3 is 10.2 Å². The number of carbonyl (C=O) groups excluding carboxylic acids is 2. The smallest absolute Gasteiger partial charge is 0.226 e. The van der Waals surface area contributed by atoms with Crippen molar-refractivity contribution < 1.29 is 9.59 Å². The van der Waals surface area contributed by atoms with Gasteiger partial charge in [-0.2, -0.15) is 0 Å². The lowest BCUT2D eigenvalue weighted by atomic mass is 10.1. The molecule has 1 aliphatic rings. The van der Waals surface area contributed by atoms with E-state index in [0.29, 0.717) is 5.92 Å². The molecule has 0 aromatic rings. The molecule has 1 aliphatic carbocycles. The molecule has 1 N–H and O–H groups in total. The summed E-state index contributed by atoms with van der Waals surface area (Å²) in [6.07, 6.45) is 3.83. The molecule has 0 aliphatic heterocycles. The lowest BCUT2D eigenvalue weighted by molar-refractivity contribution is -0.133. The fourth-order valence-electron chi connectivity index (χ4n) is 2.16. The van der Waals surface area contributed by atoms with Crippen molar-refractivity contribution in [2.24, 2.45) is 17.8 Å². The molecule has 1 saturated carbocycles. The minimum Gasteiger partial charge on any atom is -0.356 e. The Kier molecular flexibility index (Phi) is 6.32. The molecule has 2 unspecified atom stereocenters. The van der Waals surface area contributed by atoms with Crippen molar-refractivity contribution in [1.29, 1.82) is 0 Å². The average molecular weight is 268 g/mol. The van der Waals surface area contributed by atoms with Crippen LogP contribution in [-0.2, 0) is 9.59 Å². The van der Waals surface area contributed by atoms with Crippen LogP contribution in [0.4, 0.5) is 0 Å². The minimum atomic E-state index is -0.0799. The molecule has 0 heterocycles. The molecule has 1 fully saturated rings. The van der Waals surface area contributed by atoms with E-state index < -0.39 is 0 Å². The van der Waals surface area contributed by atoms with E-state index in [-0.39, 0.29) is 23.7 Å². The van der Waals surface area contributed by atoms with Gasteiger partial charge in [0.05, 0.1) is 11.8 Å². The van der Waals surface area contributed by atoms with Crippen LogP contribution in [0.1, 0.15) is 46.5 Å². The molecular formula is C15H28N2O2. The maximum absolute atomic E-state index is 12.1. The summed E-state index contributed by atoms with van der Waals surface area (Å²) in [6.45, 7) is 7.91. The highest BCUT2D eigenvalue weighted by Crippen LogP contribution is 2.39. The van der Waals surface area contributed by atoms with Gasteiger partial charge in [-0.05, 0) is 25.2 Å². The van der Waals surface area contributed by atoms with Crippen molar-refractivity contribution >= 4 is 11.8 Å². The Labute approximate surface area is 116 Å². The van der Waals surface area contributed by atoms with Crippen LogP contribution in [0.15, 0.2) is 0 Å². The van der Waals surface area contributed by atoms with Crippen molar-refractivity contribution in [3.63, 3.8) is 0 Å². The van der Waals surface area contributed by atoms with Crippen LogP contribution in [-0.4, -0.2) is 36.9 Å². The zero-order valence-corrected chi connectivity index (χ0v) is 12.7. The van der Waals surface area contributed by atoms with Crippen LogP contribution in [0.5, 0.6) is 0 Å². The summed E-state index contributed by atoms with van der Waals surface area (Å²) in [5, 5.41) is 2.93. The summed E-state index contributed by atoms with van der Waals surface area (Å²) in [6, 6.07) is 0. The molecule has 0 aromatic carbocycles. The van der Waals surface area contributed by atoms with E-state index in [1.165, 1.54) is 0 Å². The van der Waals surface area contributed by atoms with E-state index in [2.05, 4.69) is 26.1 Å². The van der Waals surface area contributed by atoms with Crippen molar-refractivity contribution in [2.45, 2.75) is 46.5 Å². The predicted octanol–water partition coefficient (Wildman–Crippen LogP) is 2.04. The highest BCUT2D eigenvalue weighted by molar-refractivity contribution is 5.92. The highest BCUT2D eigenvalue weighted by atomic mass is 16.2. The number of hydrogen-bond acceptors (Lipinski definition) is 2. The van der Waals surface area contributed by atoms with Gasteiger partial charge in [0.15, 0.2) is 0 Å². The highest BCUT2D eigenvalue weighted by Gasteiger charge is 2.48. The molecule has 4 nitrogen and oxygen atoms in total. The van der Waals surface area contributed by atoms with Crippen LogP contribution >= 0.6 is 0 Å². The minimum absolute atomic E-state index is 0.0582. The van der Waals surface area contributed by atoms with E-state index in [9.17, 15) is 9.59 Å². The first-order valence-electron chi connectivity index (χ1n) is 7.50. The van der Waals surface area contributed by atoms with Gasteiger partial charge >= 0.3 is 0 Å². The molecule has 19 heavy (non-hydrogen) atoms. The van der Waals surface area contributed by atoms with Crippen molar-refractivity contribution in [3.05, 3.63) is 0 Å². The summed E-state index contributed by atoms with van der Waals surface area (Å²) in [5.41, 5.74) is 0. The second-order valence-electron chi connectivity index (χ2n) is 6.04. The standard InChI is InChI=1S/C15H28N2O2/c1-5-6-9-17(4)15(19)13-10-12(13)14(18)16-8-7-11(2)3/h11-13H,5-10H2,1-4H3,(H,16,18). The summed E-state index contributed by atoms with van der Waals surface area (Å²) in [4.78, 5) is 25.7. The van der Waals surface area contributed by atoms with Crippen LogP contribution in [0.2, 0.25) is 0 Å². The van der Waals surface area contributed by atoms with Gasteiger partial charge in [0.2, 0.25) is 11.8 Å². The molecule has 0 spiro atoms. The van der Waals surface area contributed by atoms with Crippen LogP contribution in [0, 0.1) is 17.8 Å². The van der Waals surface area contributed by atoms with E-state index in [1.807, 2.05) is 7.05 Å². The van der Waals surface area contributed by atoms with Crippen LogP contribution < -0.4 is 5.32 Å². The van der Waals surface area contributed by atoms with Crippen molar-refractivity contribution in [1.82, 2.24) is 10.2 Å². The van der Waals surface area contributed by atoms with Gasteiger partial charge in [0.25, 0.3) is 0 Å². The maximum Gasteiger partial charge on any atom is 0.226 e. The summed E-state index contributed by atoms with van der Waals surface area (Å²) >= 11 is 0. The average Bonchev–Trinajstić information content (AvgIpc) is 3.14. The number of unbranched alkanes of at least 4 members (excludes halogenated alkanes) is 1. The topological polar surface area (TPSA) is 49.4 Å². The SMILES string of the molecule is CCCCN(C)C(=O)C1CC1C(=O)NCCC(C)C. The van der Waals surface area contributed by atoms with Gasteiger partial charge in [-0.25, -0.2) is 0 Å². The molecule has 4 heteroatoms. The van der Waals surface area contributed by atoms with E-state index >= 15 is 0 Å². The molecule has 110 valence electrons. The third-order valence-electron chi connectivity index (χ3n) is 3.69. The Balaban J connectivity index is 2.25. The lowest BCUT2D eigenvalue weighted by Gasteiger charge is -2.16. The van der Waals surface area contributed by atoms with Gasteiger partial charge in [0.1, 0.15) is 0 Å². The Morgan fingerprint density at radius 3 is 2.58 bits per heavy atom. The molecule has 0 saturated heterocycles. The number of hydrogen-bond donors (Lipinski definition) is 1.